The van der Waals surface area contributed by atoms with Crippen molar-refractivity contribution < 1.29 is 5.11 Å². The van der Waals surface area contributed by atoms with E-state index in [0.717, 1.165) is 0 Å². The zero-order valence-corrected chi connectivity index (χ0v) is 9.02. The molecule has 2 unspecified atom stereocenters. The molecule has 2 nitrogen and oxygen atoms in total. The van der Waals surface area contributed by atoms with Gasteiger partial charge in [0.2, 0.25) is 0 Å². The lowest BCUT2D eigenvalue weighted by Gasteiger charge is -2.30. The van der Waals surface area contributed by atoms with Crippen LogP contribution < -0.4 is 5.73 Å². The number of hydrogen-bond acceptors (Lipinski definition) is 2. The number of nitrogens with two attached hydrogens (primary N) is 1. The Hall–Kier alpha value is -0.860. The van der Waals surface area contributed by atoms with Gasteiger partial charge in [0.05, 0.1) is 0 Å². The van der Waals surface area contributed by atoms with E-state index >= 15 is 0 Å². The zero-order chi connectivity index (χ0) is 10.7. The highest BCUT2D eigenvalue weighted by Crippen LogP contribution is 2.36. The van der Waals surface area contributed by atoms with Crippen molar-refractivity contribution in [2.75, 3.05) is 13.2 Å². The lowest BCUT2D eigenvalue weighted by molar-refractivity contribution is 0.200. The summed E-state index contributed by atoms with van der Waals surface area (Å²) >= 11 is 0. The second kappa shape index (κ2) is 4.77. The second-order valence-electron chi connectivity index (χ2n) is 4.38. The van der Waals surface area contributed by atoms with Crippen LogP contribution in [0.15, 0.2) is 24.3 Å². The summed E-state index contributed by atoms with van der Waals surface area (Å²) in [5.41, 5.74) is 8.57. The Kier molecular flexibility index (Phi) is 3.39. The highest BCUT2D eigenvalue weighted by atomic mass is 16.3. The number of aliphatic hydroxyl groups excluding tert-OH is 1. The molecule has 2 heteroatoms. The van der Waals surface area contributed by atoms with Gasteiger partial charge in [0.25, 0.3) is 0 Å². The first-order valence-electron chi connectivity index (χ1n) is 5.75. The topological polar surface area (TPSA) is 46.2 Å². The summed E-state index contributed by atoms with van der Waals surface area (Å²) in [7, 11) is 0. The summed E-state index contributed by atoms with van der Waals surface area (Å²) < 4.78 is 0. The highest BCUT2D eigenvalue weighted by Gasteiger charge is 2.26. The smallest absolute Gasteiger partial charge is 0.0477 e. The van der Waals surface area contributed by atoms with Gasteiger partial charge >= 0.3 is 0 Å². The van der Waals surface area contributed by atoms with Crippen molar-refractivity contribution >= 4 is 0 Å². The van der Waals surface area contributed by atoms with Crippen LogP contribution in [-0.4, -0.2) is 18.3 Å². The number of benzene rings is 1. The Morgan fingerprint density at radius 2 is 2.20 bits per heavy atom. The number of hydrogen-bond donors (Lipinski definition) is 2. The largest absolute Gasteiger partial charge is 0.396 e. The van der Waals surface area contributed by atoms with Crippen molar-refractivity contribution in [3.8, 4) is 0 Å². The minimum absolute atomic E-state index is 0.204. The molecule has 0 spiro atoms. The third-order valence-corrected chi connectivity index (χ3v) is 3.52. The first-order valence-corrected chi connectivity index (χ1v) is 5.75. The molecule has 0 radical (unpaired) electrons. The Labute approximate surface area is 91.1 Å². The van der Waals surface area contributed by atoms with E-state index in [0.29, 0.717) is 12.5 Å². The van der Waals surface area contributed by atoms with E-state index in [2.05, 4.69) is 24.3 Å². The molecule has 3 N–H and O–H groups in total. The van der Waals surface area contributed by atoms with Crippen LogP contribution in [0.4, 0.5) is 0 Å². The van der Waals surface area contributed by atoms with Gasteiger partial charge in [-0.25, -0.2) is 0 Å². The van der Waals surface area contributed by atoms with Gasteiger partial charge in [-0.2, -0.15) is 0 Å². The van der Waals surface area contributed by atoms with Crippen molar-refractivity contribution in [3.05, 3.63) is 35.4 Å². The summed E-state index contributed by atoms with van der Waals surface area (Å²) in [5.74, 6) is 0.691. The number of aliphatic hydroxyl groups is 1. The number of fused-ring (bicyclic) bond motifs is 1. The summed E-state index contributed by atoms with van der Waals surface area (Å²) in [5, 5.41) is 9.32. The Morgan fingerprint density at radius 1 is 1.40 bits per heavy atom. The van der Waals surface area contributed by atoms with Crippen LogP contribution in [-0.2, 0) is 6.42 Å². The average Bonchev–Trinajstić information content (AvgIpc) is 2.31. The SMILES string of the molecule is NCC(CO)C1CCCc2ccccc21. The molecule has 1 aliphatic carbocycles. The molecular weight excluding hydrogens is 186 g/mol. The fourth-order valence-electron chi connectivity index (χ4n) is 2.65. The molecule has 0 bridgehead atoms. The standard InChI is InChI=1S/C13H19NO/c14-8-11(9-15)13-7-3-5-10-4-1-2-6-12(10)13/h1-2,4,6,11,13,15H,3,5,7-9,14H2. The summed E-state index contributed by atoms with van der Waals surface area (Å²) in [4.78, 5) is 0. The Morgan fingerprint density at radius 3 is 2.93 bits per heavy atom. The lowest BCUT2D eigenvalue weighted by atomic mass is 9.76. The minimum atomic E-state index is 0.204. The van der Waals surface area contributed by atoms with Crippen LogP contribution >= 0.6 is 0 Å². The molecule has 0 amide bonds. The fourth-order valence-corrected chi connectivity index (χ4v) is 2.65. The molecule has 0 aliphatic heterocycles. The van der Waals surface area contributed by atoms with E-state index in [9.17, 15) is 5.11 Å². The maximum Gasteiger partial charge on any atom is 0.0477 e. The summed E-state index contributed by atoms with van der Waals surface area (Å²) in [6.07, 6.45) is 3.56. The molecule has 82 valence electrons. The molecule has 0 heterocycles. The van der Waals surface area contributed by atoms with Crippen LogP contribution in [0.3, 0.4) is 0 Å². The van der Waals surface area contributed by atoms with E-state index in [1.54, 1.807) is 0 Å². The quantitative estimate of drug-likeness (QED) is 0.788. The molecule has 0 aromatic heterocycles. The maximum absolute atomic E-state index is 9.32. The third-order valence-electron chi connectivity index (χ3n) is 3.52. The van der Waals surface area contributed by atoms with E-state index in [1.807, 2.05) is 0 Å². The van der Waals surface area contributed by atoms with E-state index < -0.39 is 0 Å². The van der Waals surface area contributed by atoms with Crippen LogP contribution in [0.1, 0.15) is 29.9 Å². The Bertz CT molecular complexity index is 320. The number of rotatable bonds is 3. The van der Waals surface area contributed by atoms with Crippen LogP contribution in [0, 0.1) is 5.92 Å². The van der Waals surface area contributed by atoms with Gasteiger partial charge in [-0.15, -0.1) is 0 Å². The van der Waals surface area contributed by atoms with Gasteiger partial charge in [0, 0.05) is 12.5 Å². The number of aryl methyl sites for hydroxylation is 1. The first kappa shape index (κ1) is 10.7. The van der Waals surface area contributed by atoms with E-state index in [-0.39, 0.29) is 12.5 Å². The third kappa shape index (κ3) is 2.06. The molecule has 0 saturated carbocycles. The average molecular weight is 205 g/mol. The van der Waals surface area contributed by atoms with E-state index in [1.165, 1.54) is 30.4 Å². The first-order chi connectivity index (χ1) is 7.36. The summed E-state index contributed by atoms with van der Waals surface area (Å²) in [6.45, 7) is 0.783. The Balaban J connectivity index is 2.28. The van der Waals surface area contributed by atoms with Crippen molar-refractivity contribution in [1.82, 2.24) is 0 Å². The molecular formula is C13H19NO. The zero-order valence-electron chi connectivity index (χ0n) is 9.02. The van der Waals surface area contributed by atoms with Gasteiger partial charge in [0.15, 0.2) is 0 Å². The molecule has 2 rings (SSSR count). The lowest BCUT2D eigenvalue weighted by Crippen LogP contribution is -2.27. The molecule has 15 heavy (non-hydrogen) atoms. The van der Waals surface area contributed by atoms with Gasteiger partial charge in [-0.1, -0.05) is 24.3 Å². The predicted octanol–water partition coefficient (Wildman–Crippen LogP) is 1.67. The summed E-state index contributed by atoms with van der Waals surface area (Å²) in [6, 6.07) is 8.57. The molecule has 1 aliphatic rings. The van der Waals surface area contributed by atoms with Crippen molar-refractivity contribution in [1.29, 1.82) is 0 Å². The monoisotopic (exact) mass is 205 g/mol. The van der Waals surface area contributed by atoms with Crippen LogP contribution in [0.25, 0.3) is 0 Å². The second-order valence-corrected chi connectivity index (χ2v) is 4.38. The maximum atomic E-state index is 9.32. The minimum Gasteiger partial charge on any atom is -0.396 e. The van der Waals surface area contributed by atoms with Gasteiger partial charge in [0.1, 0.15) is 0 Å². The van der Waals surface area contributed by atoms with Crippen molar-refractivity contribution in [3.63, 3.8) is 0 Å². The molecule has 0 saturated heterocycles. The normalized spacial score (nSPS) is 22.1. The fraction of sp³-hybridized carbons (Fsp3) is 0.538. The molecule has 1 aromatic rings. The molecule has 1 aromatic carbocycles. The van der Waals surface area contributed by atoms with Gasteiger partial charge < -0.3 is 10.8 Å². The highest BCUT2D eigenvalue weighted by molar-refractivity contribution is 5.33. The van der Waals surface area contributed by atoms with Gasteiger partial charge in [-0.3, -0.25) is 0 Å². The molecule has 0 fully saturated rings. The van der Waals surface area contributed by atoms with E-state index in [4.69, 9.17) is 5.73 Å². The predicted molar refractivity (Wildman–Crippen MR) is 61.8 cm³/mol. The van der Waals surface area contributed by atoms with Crippen molar-refractivity contribution in [2.45, 2.75) is 25.2 Å². The van der Waals surface area contributed by atoms with Gasteiger partial charge in [-0.05, 0) is 42.9 Å². The van der Waals surface area contributed by atoms with Crippen LogP contribution in [0.5, 0.6) is 0 Å². The molecule has 2 atom stereocenters. The van der Waals surface area contributed by atoms with Crippen LogP contribution in [0.2, 0.25) is 0 Å². The van der Waals surface area contributed by atoms with Crippen molar-refractivity contribution in [2.24, 2.45) is 11.7 Å².